The second kappa shape index (κ2) is 8.71. The predicted molar refractivity (Wildman–Crippen MR) is 130 cm³/mol. The van der Waals surface area contributed by atoms with Gasteiger partial charge in [0.15, 0.2) is 4.32 Å². The number of non-ortho nitro benzene ring substituents is 1. The van der Waals surface area contributed by atoms with E-state index in [4.69, 9.17) is 12.2 Å². The molecule has 3 aromatic carbocycles. The van der Waals surface area contributed by atoms with E-state index in [2.05, 4.69) is 4.90 Å². The zero-order valence-electron chi connectivity index (χ0n) is 16.5. The molecule has 1 heterocycles. The summed E-state index contributed by atoms with van der Waals surface area (Å²) in [5, 5.41) is 11.1. The van der Waals surface area contributed by atoms with Gasteiger partial charge in [-0.2, -0.15) is 0 Å². The molecule has 31 heavy (non-hydrogen) atoms. The number of benzene rings is 3. The van der Waals surface area contributed by atoms with Gasteiger partial charge in [-0.3, -0.25) is 19.8 Å². The van der Waals surface area contributed by atoms with E-state index >= 15 is 0 Å². The number of amides is 1. The molecule has 0 radical (unpaired) electrons. The largest absolute Gasteiger partial charge is 0.345 e. The fourth-order valence-electron chi connectivity index (χ4n) is 3.18. The molecule has 6 nitrogen and oxygen atoms in total. The van der Waals surface area contributed by atoms with Crippen LogP contribution in [0.3, 0.4) is 0 Å². The quantitative estimate of drug-likeness (QED) is 0.214. The van der Waals surface area contributed by atoms with Crippen LogP contribution < -0.4 is 9.80 Å². The highest BCUT2D eigenvalue weighted by Gasteiger charge is 2.33. The van der Waals surface area contributed by atoms with Crippen LogP contribution in [-0.4, -0.2) is 22.2 Å². The van der Waals surface area contributed by atoms with E-state index in [1.54, 1.807) is 12.1 Å². The number of nitro groups is 1. The summed E-state index contributed by atoms with van der Waals surface area (Å²) in [7, 11) is 1.99. The zero-order chi connectivity index (χ0) is 22.0. The molecule has 0 atom stereocenters. The number of nitro benzene ring substituents is 1. The highest BCUT2D eigenvalue weighted by molar-refractivity contribution is 8.27. The third kappa shape index (κ3) is 4.35. The first-order valence-electron chi connectivity index (χ1n) is 9.35. The first-order chi connectivity index (χ1) is 14.9. The van der Waals surface area contributed by atoms with Crippen LogP contribution in [0.1, 0.15) is 5.56 Å². The summed E-state index contributed by atoms with van der Waals surface area (Å²) in [5.41, 5.74) is 3.26. The summed E-state index contributed by atoms with van der Waals surface area (Å²) in [4.78, 5) is 27.4. The number of rotatable bonds is 5. The van der Waals surface area contributed by atoms with Crippen molar-refractivity contribution in [3.05, 3.63) is 99.4 Å². The van der Waals surface area contributed by atoms with Crippen molar-refractivity contribution in [2.24, 2.45) is 0 Å². The van der Waals surface area contributed by atoms with Crippen molar-refractivity contribution in [2.75, 3.05) is 16.8 Å². The zero-order valence-corrected chi connectivity index (χ0v) is 18.1. The van der Waals surface area contributed by atoms with E-state index in [1.807, 2.05) is 61.6 Å². The van der Waals surface area contributed by atoms with Crippen LogP contribution >= 0.6 is 24.0 Å². The van der Waals surface area contributed by atoms with Gasteiger partial charge in [-0.05, 0) is 42.0 Å². The van der Waals surface area contributed by atoms with E-state index in [9.17, 15) is 14.9 Å². The molecule has 3 aromatic rings. The van der Waals surface area contributed by atoms with E-state index in [0.29, 0.717) is 14.9 Å². The summed E-state index contributed by atoms with van der Waals surface area (Å²) in [5.74, 6) is -0.291. The molecule has 0 aromatic heterocycles. The Morgan fingerprint density at radius 2 is 1.68 bits per heavy atom. The SMILES string of the molecule is CN(c1ccccc1)c1ccc(/C=C2/SC(=S)N(c3cccc([N+](=O)[O-])c3)C2=O)cc1. The van der Waals surface area contributed by atoms with Crippen molar-refractivity contribution in [1.82, 2.24) is 0 Å². The molecule has 154 valence electrons. The molecule has 0 aliphatic carbocycles. The molecule has 0 N–H and O–H groups in total. The number of hydrogen-bond donors (Lipinski definition) is 0. The Labute approximate surface area is 188 Å². The molecular weight excluding hydrogens is 430 g/mol. The van der Waals surface area contributed by atoms with Gasteiger partial charge in [0.2, 0.25) is 0 Å². The Morgan fingerprint density at radius 1 is 1.00 bits per heavy atom. The minimum absolute atomic E-state index is 0.0892. The molecule has 0 bridgehead atoms. The summed E-state index contributed by atoms with van der Waals surface area (Å²) in [6.07, 6.45) is 1.78. The number of anilines is 3. The number of thioether (sulfide) groups is 1. The van der Waals surface area contributed by atoms with E-state index in [0.717, 1.165) is 16.9 Å². The highest BCUT2D eigenvalue weighted by atomic mass is 32.2. The van der Waals surface area contributed by atoms with E-state index < -0.39 is 4.92 Å². The molecule has 1 saturated heterocycles. The van der Waals surface area contributed by atoms with Crippen molar-refractivity contribution in [1.29, 1.82) is 0 Å². The Hall–Kier alpha value is -3.49. The predicted octanol–water partition coefficient (Wildman–Crippen LogP) is 5.77. The van der Waals surface area contributed by atoms with Gasteiger partial charge in [0.05, 0.1) is 15.5 Å². The second-order valence-electron chi connectivity index (χ2n) is 6.78. The lowest BCUT2D eigenvalue weighted by Crippen LogP contribution is -2.27. The van der Waals surface area contributed by atoms with Crippen LogP contribution in [-0.2, 0) is 4.79 Å². The Morgan fingerprint density at radius 3 is 2.35 bits per heavy atom. The van der Waals surface area contributed by atoms with Gasteiger partial charge in [0.1, 0.15) is 0 Å². The van der Waals surface area contributed by atoms with Gasteiger partial charge in [0, 0.05) is 30.6 Å². The van der Waals surface area contributed by atoms with Crippen molar-refractivity contribution < 1.29 is 9.72 Å². The average molecular weight is 448 g/mol. The molecule has 0 spiro atoms. The fraction of sp³-hybridized carbons (Fsp3) is 0.0435. The van der Waals surface area contributed by atoms with Crippen molar-refractivity contribution >= 4 is 63.0 Å². The highest BCUT2D eigenvalue weighted by Crippen LogP contribution is 2.37. The Kier molecular flexibility index (Phi) is 5.83. The fourth-order valence-corrected chi connectivity index (χ4v) is 4.48. The van der Waals surface area contributed by atoms with Gasteiger partial charge >= 0.3 is 0 Å². The molecule has 1 aliphatic rings. The minimum Gasteiger partial charge on any atom is -0.345 e. The molecule has 4 rings (SSSR count). The van der Waals surface area contributed by atoms with Gasteiger partial charge in [-0.25, -0.2) is 0 Å². The maximum atomic E-state index is 12.9. The first-order valence-corrected chi connectivity index (χ1v) is 10.6. The molecule has 0 saturated carbocycles. The molecule has 0 unspecified atom stereocenters. The number of carbonyl (C=O) groups excluding carboxylic acids is 1. The summed E-state index contributed by atoms with van der Waals surface area (Å²) in [6, 6.07) is 23.8. The number of thiocarbonyl (C=S) groups is 1. The lowest BCUT2D eigenvalue weighted by molar-refractivity contribution is -0.384. The van der Waals surface area contributed by atoms with Crippen LogP contribution in [0.15, 0.2) is 83.8 Å². The summed E-state index contributed by atoms with van der Waals surface area (Å²) >= 11 is 6.54. The smallest absolute Gasteiger partial charge is 0.271 e. The third-order valence-electron chi connectivity index (χ3n) is 4.81. The number of nitrogens with zero attached hydrogens (tertiary/aromatic N) is 3. The van der Waals surface area contributed by atoms with Crippen molar-refractivity contribution in [3.63, 3.8) is 0 Å². The monoisotopic (exact) mass is 447 g/mol. The van der Waals surface area contributed by atoms with Crippen LogP contribution in [0.2, 0.25) is 0 Å². The van der Waals surface area contributed by atoms with Crippen molar-refractivity contribution in [2.45, 2.75) is 0 Å². The number of carbonyl (C=O) groups is 1. The molecule has 1 aliphatic heterocycles. The second-order valence-corrected chi connectivity index (χ2v) is 8.46. The van der Waals surface area contributed by atoms with Crippen LogP contribution in [0.5, 0.6) is 0 Å². The number of para-hydroxylation sites is 1. The summed E-state index contributed by atoms with van der Waals surface area (Å²) < 4.78 is 0.345. The van der Waals surface area contributed by atoms with Gasteiger partial charge in [-0.1, -0.05) is 60.4 Å². The topological polar surface area (TPSA) is 66.7 Å². The number of hydrogen-bond acceptors (Lipinski definition) is 6. The third-order valence-corrected chi connectivity index (χ3v) is 6.12. The van der Waals surface area contributed by atoms with Crippen LogP contribution in [0.4, 0.5) is 22.7 Å². The van der Waals surface area contributed by atoms with Crippen LogP contribution in [0.25, 0.3) is 6.08 Å². The van der Waals surface area contributed by atoms with Gasteiger partial charge < -0.3 is 4.90 Å². The lowest BCUT2D eigenvalue weighted by Gasteiger charge is -2.19. The van der Waals surface area contributed by atoms with E-state index in [1.165, 1.54) is 34.9 Å². The maximum Gasteiger partial charge on any atom is 0.271 e. The lowest BCUT2D eigenvalue weighted by atomic mass is 10.1. The summed E-state index contributed by atoms with van der Waals surface area (Å²) in [6.45, 7) is 0. The molecule has 8 heteroatoms. The normalized spacial score (nSPS) is 14.9. The van der Waals surface area contributed by atoms with Gasteiger partial charge in [0.25, 0.3) is 11.6 Å². The van der Waals surface area contributed by atoms with E-state index in [-0.39, 0.29) is 11.6 Å². The van der Waals surface area contributed by atoms with Crippen LogP contribution in [0, 0.1) is 10.1 Å². The molecule has 1 amide bonds. The molecule has 1 fully saturated rings. The standard InChI is InChI=1S/C23H17N3O3S2/c1-24(17-6-3-2-4-7-17)18-12-10-16(11-13-18)14-21-22(27)25(23(30)31-21)19-8-5-9-20(15-19)26(28)29/h2-15H,1H3/b21-14+. The average Bonchev–Trinajstić information content (AvgIpc) is 3.07. The van der Waals surface area contributed by atoms with Crippen molar-refractivity contribution in [3.8, 4) is 0 Å². The minimum atomic E-state index is -0.495. The van der Waals surface area contributed by atoms with Gasteiger partial charge in [-0.15, -0.1) is 0 Å². The first kappa shape index (κ1) is 20.8. The maximum absolute atomic E-state index is 12.9. The molecular formula is C23H17N3O3S2. The Bertz CT molecular complexity index is 1190. The Balaban J connectivity index is 1.56.